The first-order valence-corrected chi connectivity index (χ1v) is 17.4. The third-order valence-electron chi connectivity index (χ3n) is 12.8. The number of fused-ring (bicyclic) bond motifs is 5. The number of carbonyl (C=O) groups excluding carboxylic acids is 2. The van der Waals surface area contributed by atoms with E-state index in [2.05, 4.69) is 25.7 Å². The van der Waals surface area contributed by atoms with E-state index in [-0.39, 0.29) is 34.9 Å². The molecule has 12 heteroatoms. The second-order valence-electron chi connectivity index (χ2n) is 15.9. The molecule has 0 aromatic rings. The topological polar surface area (TPSA) is 199 Å². The summed E-state index contributed by atoms with van der Waals surface area (Å²) in [5, 5.41) is 44.2. The summed E-state index contributed by atoms with van der Waals surface area (Å²) in [5.74, 6) is -1.99. The Bertz CT molecular complexity index is 1180. The van der Waals surface area contributed by atoms with Crippen LogP contribution in [0, 0.1) is 46.3 Å². The highest BCUT2D eigenvalue weighted by Gasteiger charge is 2.64. The molecule has 1 saturated heterocycles. The number of carboxylic acids is 3. The van der Waals surface area contributed by atoms with Gasteiger partial charge in [-0.25, -0.2) is 4.79 Å². The van der Waals surface area contributed by atoms with Gasteiger partial charge in [0, 0.05) is 11.8 Å². The molecule has 0 spiro atoms. The van der Waals surface area contributed by atoms with Crippen LogP contribution >= 0.6 is 0 Å². The van der Waals surface area contributed by atoms with Gasteiger partial charge in [0.1, 0.15) is 11.9 Å². The summed E-state index contributed by atoms with van der Waals surface area (Å²) in [6.07, 6.45) is 7.79. The van der Waals surface area contributed by atoms with Gasteiger partial charge in [0.25, 0.3) is 0 Å². The maximum absolute atomic E-state index is 13.3. The van der Waals surface area contributed by atoms with Gasteiger partial charge < -0.3 is 30.3 Å². The van der Waals surface area contributed by atoms with Crippen molar-refractivity contribution in [1.29, 1.82) is 0 Å². The lowest BCUT2D eigenvalue weighted by Crippen LogP contribution is -2.60. The van der Waals surface area contributed by atoms with Crippen LogP contribution in [0.5, 0.6) is 0 Å². The Morgan fingerprint density at radius 2 is 1.49 bits per heavy atom. The molecule has 5 aliphatic rings. The van der Waals surface area contributed by atoms with Gasteiger partial charge in [-0.2, -0.15) is 0 Å². The summed E-state index contributed by atoms with van der Waals surface area (Å²) < 4.78 is 6.48. The average Bonchev–Trinajstić information content (AvgIpc) is 3.31. The van der Waals surface area contributed by atoms with E-state index >= 15 is 0 Å². The minimum Gasteiger partial charge on any atom is -0.481 e. The van der Waals surface area contributed by atoms with E-state index in [1.165, 1.54) is 6.42 Å². The molecule has 0 bridgehead atoms. The number of aliphatic hydroxyl groups excluding tert-OH is 1. The summed E-state index contributed by atoms with van der Waals surface area (Å²) in [6, 6.07) is 0. The van der Waals surface area contributed by atoms with Crippen LogP contribution in [-0.4, -0.2) is 97.5 Å². The summed E-state index contributed by atoms with van der Waals surface area (Å²) in [7, 11) is 0. The van der Waals surface area contributed by atoms with Crippen LogP contribution in [0.1, 0.15) is 105 Å². The van der Waals surface area contributed by atoms with Crippen LogP contribution in [0.25, 0.3) is 0 Å². The Kier molecular flexibility index (Phi) is 11.5. The zero-order valence-electron chi connectivity index (χ0n) is 28.4. The molecular weight excluding hydrogens is 610 g/mol. The fraction of sp³-hybridized carbons (Fsp3) is 0.857. The minimum atomic E-state index is -2.74. The fourth-order valence-electron chi connectivity index (χ4n) is 10.4. The Labute approximate surface area is 277 Å². The van der Waals surface area contributed by atoms with Crippen molar-refractivity contribution < 1.29 is 54.2 Å². The van der Waals surface area contributed by atoms with Gasteiger partial charge in [-0.3, -0.25) is 24.1 Å². The molecule has 0 radical (unpaired) electrons. The Hall–Kier alpha value is -2.57. The van der Waals surface area contributed by atoms with Crippen LogP contribution in [0.15, 0.2) is 0 Å². The zero-order valence-corrected chi connectivity index (χ0v) is 28.4. The van der Waals surface area contributed by atoms with E-state index in [9.17, 15) is 29.1 Å². The van der Waals surface area contributed by atoms with Crippen molar-refractivity contribution in [3.8, 4) is 0 Å². The van der Waals surface area contributed by atoms with Crippen LogP contribution in [0.4, 0.5) is 0 Å². The Morgan fingerprint density at radius 1 is 0.872 bits per heavy atom. The third-order valence-corrected chi connectivity index (χ3v) is 12.8. The maximum atomic E-state index is 13.3. The lowest BCUT2D eigenvalue weighted by atomic mass is 9.43. The SMILES string of the molecule is CC(=O)[C@H]1CC[C@H]2[C@@H]3CC[C@H]4C[C@H](O)CC[C@]4(C)[C@H]3[C@@H](OC(=O)CN3CCC(C)CC3)C[C@]12C.O=C(O)CC(O)(CC(=O)O)C(=O)O. The maximum Gasteiger partial charge on any atom is 0.336 e. The van der Waals surface area contributed by atoms with Crippen molar-refractivity contribution in [2.45, 2.75) is 123 Å². The van der Waals surface area contributed by atoms with E-state index in [0.29, 0.717) is 36.0 Å². The van der Waals surface area contributed by atoms with Crippen LogP contribution < -0.4 is 0 Å². The van der Waals surface area contributed by atoms with Crippen LogP contribution in [0.2, 0.25) is 0 Å². The highest BCUT2D eigenvalue weighted by Crippen LogP contribution is 2.68. The number of aliphatic carboxylic acids is 3. The monoisotopic (exact) mass is 665 g/mol. The largest absolute Gasteiger partial charge is 0.481 e. The third kappa shape index (κ3) is 8.02. The molecule has 0 unspecified atom stereocenters. The summed E-state index contributed by atoms with van der Waals surface area (Å²) in [5.41, 5.74) is -2.68. The Morgan fingerprint density at radius 3 is 2.04 bits per heavy atom. The molecule has 266 valence electrons. The van der Waals surface area contributed by atoms with Crippen molar-refractivity contribution >= 4 is 29.7 Å². The van der Waals surface area contributed by atoms with E-state index in [0.717, 1.165) is 76.8 Å². The number of nitrogens with zero attached hydrogens (tertiary/aromatic N) is 1. The molecule has 12 nitrogen and oxygen atoms in total. The molecule has 4 aliphatic carbocycles. The number of ether oxygens (including phenoxy) is 1. The average molecular weight is 666 g/mol. The van der Waals surface area contributed by atoms with Gasteiger partial charge in [-0.05, 0) is 119 Å². The number of ketones is 1. The van der Waals surface area contributed by atoms with Crippen molar-refractivity contribution in [3.05, 3.63) is 0 Å². The first kappa shape index (κ1) is 37.3. The molecule has 9 atom stereocenters. The summed E-state index contributed by atoms with van der Waals surface area (Å²) >= 11 is 0. The number of rotatable bonds is 9. The number of carbonyl (C=O) groups is 5. The van der Waals surface area contributed by atoms with E-state index in [1.54, 1.807) is 6.92 Å². The van der Waals surface area contributed by atoms with Crippen molar-refractivity contribution in [3.63, 3.8) is 0 Å². The number of hydrogen-bond donors (Lipinski definition) is 5. The molecule has 1 heterocycles. The van der Waals surface area contributed by atoms with Crippen molar-refractivity contribution in [1.82, 2.24) is 4.90 Å². The highest BCUT2D eigenvalue weighted by atomic mass is 16.5. The number of piperidine rings is 1. The molecule has 0 amide bonds. The zero-order chi connectivity index (χ0) is 34.9. The van der Waals surface area contributed by atoms with Crippen LogP contribution in [0.3, 0.4) is 0 Å². The van der Waals surface area contributed by atoms with Gasteiger partial charge in [0.2, 0.25) is 0 Å². The van der Waals surface area contributed by atoms with E-state index in [1.807, 2.05) is 0 Å². The number of Topliss-reactive ketones (excluding diaryl/α,β-unsaturated/α-hetero) is 1. The molecule has 0 aromatic heterocycles. The fourth-order valence-corrected chi connectivity index (χ4v) is 10.4. The second kappa shape index (κ2) is 14.5. The van der Waals surface area contributed by atoms with Gasteiger partial charge in [-0.1, -0.05) is 20.8 Å². The normalized spacial score (nSPS) is 37.3. The van der Waals surface area contributed by atoms with E-state index < -0.39 is 36.4 Å². The summed E-state index contributed by atoms with van der Waals surface area (Å²) in [6.45, 7) is 11.2. The number of carboxylic acid groups (broad SMARTS) is 3. The molecule has 0 aromatic carbocycles. The first-order chi connectivity index (χ1) is 21.9. The van der Waals surface area contributed by atoms with Crippen LogP contribution in [-0.2, 0) is 28.7 Å². The smallest absolute Gasteiger partial charge is 0.336 e. The molecule has 4 saturated carbocycles. The summed E-state index contributed by atoms with van der Waals surface area (Å²) in [4.78, 5) is 58.7. The van der Waals surface area contributed by atoms with E-state index in [4.69, 9.17) is 25.2 Å². The molecule has 5 N–H and O–H groups in total. The number of likely N-dealkylation sites (tertiary alicyclic amines) is 1. The molecule has 1 aliphatic heterocycles. The number of esters is 1. The standard InChI is InChI=1S/C29H47NO4.C6H8O7/c1-18-10-13-30(14-11-18)17-26(33)34-25-16-29(4)23(19(2)31)7-8-24(29)22-6-5-20-15-21(32)9-12-28(20,3)27(22)25;7-3(8)1-6(13,5(11)12)2-4(9)10/h18,20-25,27,32H,5-17H2,1-4H3;13H,1-2H2,(H,7,8)(H,9,10)(H,11,12)/t20-,21+,22-,23+,24-,25-,27+,28-,29+;/m0./s1. The molecule has 5 rings (SSSR count). The predicted octanol–water partition coefficient (Wildman–Crippen LogP) is 3.60. The lowest BCUT2D eigenvalue weighted by molar-refractivity contribution is -0.199. The highest BCUT2D eigenvalue weighted by molar-refractivity contribution is 5.88. The lowest BCUT2D eigenvalue weighted by Gasteiger charge is -2.62. The predicted molar refractivity (Wildman–Crippen MR) is 169 cm³/mol. The van der Waals surface area contributed by atoms with Crippen molar-refractivity contribution in [2.24, 2.45) is 46.3 Å². The van der Waals surface area contributed by atoms with Gasteiger partial charge >= 0.3 is 23.9 Å². The van der Waals surface area contributed by atoms with Crippen molar-refractivity contribution in [2.75, 3.05) is 19.6 Å². The Balaban J connectivity index is 0.000000328. The van der Waals surface area contributed by atoms with Gasteiger partial charge in [0.15, 0.2) is 5.60 Å². The van der Waals surface area contributed by atoms with Gasteiger partial charge in [0.05, 0.1) is 25.5 Å². The quantitative estimate of drug-likeness (QED) is 0.225. The first-order valence-electron chi connectivity index (χ1n) is 17.4. The van der Waals surface area contributed by atoms with Gasteiger partial charge in [-0.15, -0.1) is 0 Å². The molecule has 5 fully saturated rings. The second-order valence-corrected chi connectivity index (χ2v) is 15.9. The minimum absolute atomic E-state index is 0.0596. The molecule has 47 heavy (non-hydrogen) atoms. The number of aliphatic hydroxyl groups is 2. The molecular formula is C35H55NO11. The number of hydrogen-bond acceptors (Lipinski definition) is 9.